The van der Waals surface area contributed by atoms with E-state index in [9.17, 15) is 14.4 Å². The van der Waals surface area contributed by atoms with Crippen LogP contribution in [0.1, 0.15) is 28.9 Å². The standard InChI is InChI=1S/C21H22N4O5/c1-12-16(19(26)23-13-5-7-14(29-2)8-6-13)10-17-18(22-12)25(21(28)24-20(17)27)11-15-4-3-9-30-15/h5-8,10,15H,3-4,9,11H2,1-2H3,(H,23,26)(H,24,27,28). The van der Waals surface area contributed by atoms with Crippen molar-refractivity contribution in [1.29, 1.82) is 0 Å². The summed E-state index contributed by atoms with van der Waals surface area (Å²) in [6.07, 6.45) is 1.67. The number of hydrogen-bond donors (Lipinski definition) is 2. The third-order valence-corrected chi connectivity index (χ3v) is 5.16. The molecule has 1 fully saturated rings. The van der Waals surface area contributed by atoms with Crippen molar-refractivity contribution in [2.75, 3.05) is 19.0 Å². The normalized spacial score (nSPS) is 16.0. The number of aromatic amines is 1. The molecule has 30 heavy (non-hydrogen) atoms. The average molecular weight is 410 g/mol. The lowest BCUT2D eigenvalue weighted by molar-refractivity contribution is 0.0967. The Morgan fingerprint density at radius 3 is 2.77 bits per heavy atom. The van der Waals surface area contributed by atoms with E-state index in [1.54, 1.807) is 38.3 Å². The van der Waals surface area contributed by atoms with Crippen molar-refractivity contribution in [1.82, 2.24) is 14.5 Å². The number of nitrogens with one attached hydrogen (secondary N) is 2. The number of hydrogen-bond acceptors (Lipinski definition) is 6. The molecule has 0 aliphatic carbocycles. The molecule has 9 heteroatoms. The highest BCUT2D eigenvalue weighted by Crippen LogP contribution is 2.19. The SMILES string of the molecule is COc1ccc(NC(=O)c2cc3c(=O)[nH]c(=O)n(CC4CCCO4)c3nc2C)cc1. The zero-order chi connectivity index (χ0) is 21.3. The summed E-state index contributed by atoms with van der Waals surface area (Å²) < 4.78 is 12.1. The maximum atomic E-state index is 12.8. The van der Waals surface area contributed by atoms with E-state index in [4.69, 9.17) is 9.47 Å². The average Bonchev–Trinajstić information content (AvgIpc) is 3.24. The number of carbonyl (C=O) groups is 1. The fraction of sp³-hybridized carbons (Fsp3) is 0.333. The van der Waals surface area contributed by atoms with Crippen LogP contribution in [0.5, 0.6) is 5.75 Å². The van der Waals surface area contributed by atoms with Crippen LogP contribution in [0.25, 0.3) is 11.0 Å². The van der Waals surface area contributed by atoms with E-state index in [0.29, 0.717) is 30.3 Å². The van der Waals surface area contributed by atoms with Crippen molar-refractivity contribution >= 4 is 22.6 Å². The van der Waals surface area contributed by atoms with E-state index >= 15 is 0 Å². The second-order valence-corrected chi connectivity index (χ2v) is 7.18. The van der Waals surface area contributed by atoms with Gasteiger partial charge in [0.05, 0.1) is 36.4 Å². The number of ether oxygens (including phenoxy) is 2. The van der Waals surface area contributed by atoms with Crippen molar-refractivity contribution in [2.45, 2.75) is 32.4 Å². The van der Waals surface area contributed by atoms with Gasteiger partial charge in [-0.15, -0.1) is 0 Å². The smallest absolute Gasteiger partial charge is 0.330 e. The van der Waals surface area contributed by atoms with Gasteiger partial charge in [-0.05, 0) is 50.1 Å². The van der Waals surface area contributed by atoms with Gasteiger partial charge in [-0.2, -0.15) is 0 Å². The third kappa shape index (κ3) is 3.84. The van der Waals surface area contributed by atoms with Crippen LogP contribution < -0.4 is 21.3 Å². The molecule has 1 aliphatic heterocycles. The first-order valence-electron chi connectivity index (χ1n) is 9.67. The van der Waals surface area contributed by atoms with Gasteiger partial charge in [0.25, 0.3) is 11.5 Å². The number of pyridine rings is 1. The summed E-state index contributed by atoms with van der Waals surface area (Å²) in [5.41, 5.74) is 0.385. The Morgan fingerprint density at radius 2 is 2.10 bits per heavy atom. The van der Waals surface area contributed by atoms with Crippen LogP contribution >= 0.6 is 0 Å². The predicted molar refractivity (Wildman–Crippen MR) is 111 cm³/mol. The van der Waals surface area contributed by atoms with Crippen molar-refractivity contribution < 1.29 is 14.3 Å². The summed E-state index contributed by atoms with van der Waals surface area (Å²) in [4.78, 5) is 44.3. The molecule has 2 N–H and O–H groups in total. The Labute approximate surface area is 171 Å². The first kappa shape index (κ1) is 19.8. The summed E-state index contributed by atoms with van der Waals surface area (Å²) in [7, 11) is 1.56. The molecule has 0 saturated carbocycles. The van der Waals surface area contributed by atoms with Crippen molar-refractivity contribution in [3.63, 3.8) is 0 Å². The summed E-state index contributed by atoms with van der Waals surface area (Å²) in [5.74, 6) is 0.274. The van der Waals surface area contributed by atoms with E-state index < -0.39 is 17.2 Å². The minimum Gasteiger partial charge on any atom is -0.497 e. The molecule has 4 rings (SSSR count). The highest BCUT2D eigenvalue weighted by Gasteiger charge is 2.21. The molecule has 0 bridgehead atoms. The number of amides is 1. The van der Waals surface area contributed by atoms with Crippen LogP contribution in [0.3, 0.4) is 0 Å². The van der Waals surface area contributed by atoms with Gasteiger partial charge in [-0.25, -0.2) is 9.78 Å². The summed E-state index contributed by atoms with van der Waals surface area (Å²) in [5, 5.41) is 2.96. The van der Waals surface area contributed by atoms with Gasteiger partial charge >= 0.3 is 5.69 Å². The minimum absolute atomic E-state index is 0.100. The lowest BCUT2D eigenvalue weighted by Gasteiger charge is -2.15. The Hall–Kier alpha value is -3.46. The van der Waals surface area contributed by atoms with E-state index in [1.165, 1.54) is 10.6 Å². The number of anilines is 1. The first-order chi connectivity index (χ1) is 14.5. The summed E-state index contributed by atoms with van der Waals surface area (Å²) in [6, 6.07) is 8.37. The van der Waals surface area contributed by atoms with Crippen LogP contribution in [-0.2, 0) is 11.3 Å². The fourth-order valence-corrected chi connectivity index (χ4v) is 3.56. The third-order valence-electron chi connectivity index (χ3n) is 5.16. The van der Waals surface area contributed by atoms with Gasteiger partial charge in [0.15, 0.2) is 0 Å². The first-order valence-corrected chi connectivity index (χ1v) is 9.67. The van der Waals surface area contributed by atoms with Crippen LogP contribution in [0, 0.1) is 6.92 Å². The maximum absolute atomic E-state index is 12.8. The second-order valence-electron chi connectivity index (χ2n) is 7.18. The molecule has 1 amide bonds. The Kier molecular flexibility index (Phi) is 5.37. The number of rotatable bonds is 5. The maximum Gasteiger partial charge on any atom is 0.330 e. The quantitative estimate of drug-likeness (QED) is 0.663. The molecule has 0 spiro atoms. The van der Waals surface area contributed by atoms with Crippen molar-refractivity contribution in [3.8, 4) is 5.75 Å². The molecule has 1 saturated heterocycles. The van der Waals surface area contributed by atoms with Crippen LogP contribution in [0.15, 0.2) is 39.9 Å². The number of H-pyrrole nitrogens is 1. The predicted octanol–water partition coefficient (Wildman–Crippen LogP) is 1.83. The minimum atomic E-state index is -0.579. The Balaban J connectivity index is 1.71. The fourth-order valence-electron chi connectivity index (χ4n) is 3.56. The zero-order valence-electron chi connectivity index (χ0n) is 16.7. The van der Waals surface area contributed by atoms with Gasteiger partial charge in [0, 0.05) is 12.3 Å². The molecule has 9 nitrogen and oxygen atoms in total. The molecular formula is C21H22N4O5. The molecule has 1 aliphatic rings. The second kappa shape index (κ2) is 8.11. The van der Waals surface area contributed by atoms with E-state index in [1.807, 2.05) is 0 Å². The number of benzene rings is 1. The number of aryl methyl sites for hydroxylation is 1. The lowest BCUT2D eigenvalue weighted by Crippen LogP contribution is -2.34. The largest absolute Gasteiger partial charge is 0.497 e. The monoisotopic (exact) mass is 410 g/mol. The van der Waals surface area contributed by atoms with Crippen molar-refractivity contribution in [2.24, 2.45) is 0 Å². The van der Waals surface area contributed by atoms with Crippen LogP contribution in [-0.4, -0.2) is 40.3 Å². The number of nitrogens with zero attached hydrogens (tertiary/aromatic N) is 2. The van der Waals surface area contributed by atoms with Crippen LogP contribution in [0.2, 0.25) is 0 Å². The topological polar surface area (TPSA) is 115 Å². The molecule has 1 unspecified atom stereocenters. The number of aromatic nitrogens is 3. The number of carbonyl (C=O) groups excluding carboxylic acids is 1. The molecule has 1 atom stereocenters. The molecular weight excluding hydrogens is 388 g/mol. The molecule has 2 aromatic heterocycles. The molecule has 1 aromatic carbocycles. The zero-order valence-corrected chi connectivity index (χ0v) is 16.7. The van der Waals surface area contributed by atoms with Crippen molar-refractivity contribution in [3.05, 3.63) is 62.4 Å². The van der Waals surface area contributed by atoms with E-state index in [-0.39, 0.29) is 22.7 Å². The summed E-state index contributed by atoms with van der Waals surface area (Å²) >= 11 is 0. The molecule has 0 radical (unpaired) electrons. The Morgan fingerprint density at radius 1 is 1.33 bits per heavy atom. The van der Waals surface area contributed by atoms with Gasteiger partial charge in [0.2, 0.25) is 0 Å². The summed E-state index contributed by atoms with van der Waals surface area (Å²) in [6.45, 7) is 2.63. The highest BCUT2D eigenvalue weighted by molar-refractivity contribution is 6.06. The van der Waals surface area contributed by atoms with Gasteiger partial charge in [-0.1, -0.05) is 0 Å². The molecule has 3 heterocycles. The number of methoxy groups -OCH3 is 1. The number of fused-ring (bicyclic) bond motifs is 1. The van der Waals surface area contributed by atoms with E-state index in [2.05, 4.69) is 15.3 Å². The lowest BCUT2D eigenvalue weighted by atomic mass is 10.1. The Bertz CT molecular complexity index is 1210. The van der Waals surface area contributed by atoms with Crippen LogP contribution in [0.4, 0.5) is 5.69 Å². The van der Waals surface area contributed by atoms with E-state index in [0.717, 1.165) is 12.8 Å². The van der Waals surface area contributed by atoms with Gasteiger partial charge in [0.1, 0.15) is 11.4 Å². The van der Waals surface area contributed by atoms with Gasteiger partial charge < -0.3 is 14.8 Å². The van der Waals surface area contributed by atoms with Gasteiger partial charge in [-0.3, -0.25) is 19.1 Å². The highest BCUT2D eigenvalue weighted by atomic mass is 16.5. The molecule has 156 valence electrons. The molecule has 3 aromatic rings.